The molecule has 256 valence electrons. The van der Waals surface area contributed by atoms with Gasteiger partial charge in [0.05, 0.1) is 49.3 Å². The summed E-state index contributed by atoms with van der Waals surface area (Å²) in [5, 5.41) is 24.9. The molecule has 1 aliphatic heterocycles. The van der Waals surface area contributed by atoms with Gasteiger partial charge in [0.25, 0.3) is 0 Å². The van der Waals surface area contributed by atoms with Crippen molar-refractivity contribution in [3.63, 3.8) is 0 Å². The molecule has 6 aliphatic rings. The SMILES string of the molecule is CCO[C@]12C[C@H](OC)[C@@]3(O)C[C@H]([C@@H]1[C@H]3OC(=O)c1ccc(OC)cc1)[C@@]13[C@@H](OC)C[C@@H](O)[C@]4(COC)CN(CC)[C@@H]1[C@@H]2[C@H](OC)[C@H]43. The van der Waals surface area contributed by atoms with E-state index in [9.17, 15) is 15.0 Å². The van der Waals surface area contributed by atoms with E-state index in [1.807, 2.05) is 6.92 Å². The van der Waals surface area contributed by atoms with Crippen molar-refractivity contribution >= 4 is 5.97 Å². The van der Waals surface area contributed by atoms with Crippen molar-refractivity contribution in [1.29, 1.82) is 0 Å². The Kier molecular flexibility index (Phi) is 8.08. The third kappa shape index (κ3) is 3.80. The number of nitrogens with zero attached hydrogens (tertiary/aromatic N) is 1. The molecule has 0 unspecified atom stereocenters. The van der Waals surface area contributed by atoms with E-state index in [4.69, 9.17) is 33.2 Å². The van der Waals surface area contributed by atoms with E-state index < -0.39 is 46.3 Å². The van der Waals surface area contributed by atoms with Gasteiger partial charge in [0.1, 0.15) is 17.5 Å². The minimum Gasteiger partial charge on any atom is -0.497 e. The minimum atomic E-state index is -1.46. The number of rotatable bonds is 11. The molecule has 5 aliphatic carbocycles. The van der Waals surface area contributed by atoms with Gasteiger partial charge in [0, 0.05) is 89.1 Å². The maximum atomic E-state index is 13.9. The number of hydrogen-bond donors (Lipinski definition) is 2. The largest absolute Gasteiger partial charge is 0.497 e. The third-order valence-electron chi connectivity index (χ3n) is 13.5. The molecular weight excluding hydrogens is 594 g/mol. The topological polar surface area (TPSA) is 125 Å². The average molecular weight is 646 g/mol. The highest BCUT2D eigenvalue weighted by Gasteiger charge is 2.90. The van der Waals surface area contributed by atoms with Gasteiger partial charge in [-0.15, -0.1) is 0 Å². The number of hydrogen-bond acceptors (Lipinski definition) is 11. The number of piperidine rings is 1. The first-order valence-corrected chi connectivity index (χ1v) is 16.8. The maximum Gasteiger partial charge on any atom is 0.338 e. The molecule has 1 saturated heterocycles. The number of aliphatic hydroxyl groups is 2. The Balaban J connectivity index is 1.45. The van der Waals surface area contributed by atoms with E-state index in [0.717, 1.165) is 6.54 Å². The van der Waals surface area contributed by atoms with Crippen LogP contribution in [-0.4, -0.2) is 131 Å². The third-order valence-corrected chi connectivity index (χ3v) is 13.5. The quantitative estimate of drug-likeness (QED) is 0.344. The Bertz CT molecular complexity index is 1310. The van der Waals surface area contributed by atoms with Gasteiger partial charge in [-0.3, -0.25) is 4.90 Å². The van der Waals surface area contributed by atoms with E-state index in [1.54, 1.807) is 59.8 Å². The lowest BCUT2D eigenvalue weighted by Gasteiger charge is -2.70. The van der Waals surface area contributed by atoms with E-state index in [2.05, 4.69) is 11.8 Å². The Morgan fingerprint density at radius 2 is 1.70 bits per heavy atom. The molecule has 46 heavy (non-hydrogen) atoms. The standard InChI is InChI=1S/C35H51NO10/c1-8-36-17-32(18-40-3)22(37)14-23(42-5)35-21-15-33(39)24(43-6)16-34(45-9-2,26(29(35)36)27(44-7)28(32)35)25(21)30(33)46-31(38)19-10-12-20(41-4)13-11-19/h10-13,21-30,37,39H,8-9,14-18H2,1-7H3/t21-,22-,23+,24+,25-,26+,27+,28-,29-,30-,32-,33+,34-,35+/m1/s1. The van der Waals surface area contributed by atoms with Crippen LogP contribution >= 0.6 is 0 Å². The molecular formula is C35H51NO10. The van der Waals surface area contributed by atoms with Crippen LogP contribution in [0.4, 0.5) is 0 Å². The summed E-state index contributed by atoms with van der Waals surface area (Å²) in [6.07, 6.45) is -1.63. The Hall–Kier alpha value is -1.83. The molecule has 1 heterocycles. The van der Waals surface area contributed by atoms with Gasteiger partial charge in [-0.25, -0.2) is 4.79 Å². The van der Waals surface area contributed by atoms with Gasteiger partial charge in [-0.2, -0.15) is 0 Å². The van der Waals surface area contributed by atoms with Crippen molar-refractivity contribution in [1.82, 2.24) is 4.90 Å². The monoisotopic (exact) mass is 645 g/mol. The minimum absolute atomic E-state index is 0.0152. The number of esters is 1. The van der Waals surface area contributed by atoms with E-state index in [0.29, 0.717) is 50.3 Å². The number of aliphatic hydroxyl groups excluding tert-OH is 1. The van der Waals surface area contributed by atoms with Crippen LogP contribution in [0.2, 0.25) is 0 Å². The molecule has 0 aromatic heterocycles. The number of benzene rings is 1. The van der Waals surface area contributed by atoms with Crippen LogP contribution in [0.1, 0.15) is 43.5 Å². The highest BCUT2D eigenvalue weighted by Crippen LogP contribution is 2.80. The van der Waals surface area contributed by atoms with Gasteiger partial charge in [0.15, 0.2) is 0 Å². The maximum absolute atomic E-state index is 13.9. The number of likely N-dealkylation sites (tertiary alicyclic amines) is 1. The summed E-state index contributed by atoms with van der Waals surface area (Å²) in [5.74, 6) is -0.750. The molecule has 11 nitrogen and oxygen atoms in total. The second-order valence-electron chi connectivity index (χ2n) is 14.6. The van der Waals surface area contributed by atoms with Crippen molar-refractivity contribution in [2.75, 3.05) is 61.9 Å². The Morgan fingerprint density at radius 3 is 2.28 bits per heavy atom. The van der Waals surface area contributed by atoms with Crippen LogP contribution in [0.15, 0.2) is 24.3 Å². The first kappa shape index (κ1) is 32.7. The van der Waals surface area contributed by atoms with Crippen LogP contribution in [0, 0.1) is 34.5 Å². The summed E-state index contributed by atoms with van der Waals surface area (Å²) in [4.78, 5) is 16.4. The van der Waals surface area contributed by atoms with Crippen molar-refractivity contribution in [3.05, 3.63) is 29.8 Å². The predicted molar refractivity (Wildman–Crippen MR) is 165 cm³/mol. The van der Waals surface area contributed by atoms with Gasteiger partial charge in [-0.1, -0.05) is 6.92 Å². The molecule has 2 N–H and O–H groups in total. The van der Waals surface area contributed by atoms with Crippen LogP contribution in [0.25, 0.3) is 0 Å². The molecule has 1 aromatic carbocycles. The Morgan fingerprint density at radius 1 is 0.978 bits per heavy atom. The normalized spacial score (nSPS) is 48.4. The average Bonchev–Trinajstić information content (AvgIpc) is 3.43. The van der Waals surface area contributed by atoms with Crippen LogP contribution in [0.3, 0.4) is 0 Å². The first-order valence-electron chi connectivity index (χ1n) is 16.8. The van der Waals surface area contributed by atoms with E-state index in [1.165, 1.54) is 0 Å². The van der Waals surface area contributed by atoms with Gasteiger partial charge in [0.2, 0.25) is 0 Å². The van der Waals surface area contributed by atoms with Gasteiger partial charge >= 0.3 is 5.97 Å². The van der Waals surface area contributed by atoms with E-state index >= 15 is 0 Å². The van der Waals surface area contributed by atoms with Crippen molar-refractivity contribution in [3.8, 4) is 5.75 Å². The second-order valence-corrected chi connectivity index (χ2v) is 14.6. The fourth-order valence-corrected chi connectivity index (χ4v) is 12.5. The molecule has 5 saturated carbocycles. The lowest BCUT2D eigenvalue weighted by atomic mass is 9.42. The summed E-state index contributed by atoms with van der Waals surface area (Å²) in [5.41, 5.74) is -3.11. The number of carbonyl (C=O) groups is 1. The second kappa shape index (κ2) is 11.4. The molecule has 7 bridgehead atoms. The summed E-state index contributed by atoms with van der Waals surface area (Å²) >= 11 is 0. The fraction of sp³-hybridized carbons (Fsp3) is 0.800. The van der Waals surface area contributed by atoms with Crippen molar-refractivity contribution in [2.24, 2.45) is 34.5 Å². The first-order chi connectivity index (χ1) is 22.1. The van der Waals surface area contributed by atoms with Crippen molar-refractivity contribution < 1.29 is 48.2 Å². The highest BCUT2D eigenvalue weighted by atomic mass is 16.6. The molecule has 0 amide bonds. The highest BCUT2D eigenvalue weighted by molar-refractivity contribution is 5.89. The number of ether oxygens (including phenoxy) is 7. The zero-order valence-corrected chi connectivity index (χ0v) is 28.1. The number of methoxy groups -OCH3 is 5. The van der Waals surface area contributed by atoms with Crippen molar-refractivity contribution in [2.45, 2.75) is 80.9 Å². The smallest absolute Gasteiger partial charge is 0.338 e. The van der Waals surface area contributed by atoms with Crippen LogP contribution in [-0.2, 0) is 28.4 Å². The number of fused-ring (bicyclic) bond motifs is 2. The zero-order valence-electron chi connectivity index (χ0n) is 28.1. The van der Waals surface area contributed by atoms with E-state index in [-0.39, 0.29) is 41.9 Å². The van der Waals surface area contributed by atoms with Gasteiger partial charge in [-0.05, 0) is 50.1 Å². The number of carbonyl (C=O) groups excluding carboxylic acids is 1. The lowest BCUT2D eigenvalue weighted by molar-refractivity contribution is -0.304. The molecule has 1 spiro atoms. The van der Waals surface area contributed by atoms with Crippen LogP contribution in [0.5, 0.6) is 5.75 Å². The zero-order chi connectivity index (χ0) is 32.8. The fourth-order valence-electron chi connectivity index (χ4n) is 12.5. The van der Waals surface area contributed by atoms with Crippen LogP contribution < -0.4 is 4.74 Å². The molecule has 0 radical (unpaired) electrons. The summed E-state index contributed by atoms with van der Waals surface area (Å²) in [7, 11) is 8.39. The molecule has 11 heteroatoms. The summed E-state index contributed by atoms with van der Waals surface area (Å²) in [6, 6.07) is 6.79. The molecule has 6 fully saturated rings. The Labute approximate surface area is 271 Å². The molecule has 7 rings (SSSR count). The molecule has 1 aromatic rings. The summed E-state index contributed by atoms with van der Waals surface area (Å²) in [6.45, 7) is 6.38. The summed E-state index contributed by atoms with van der Waals surface area (Å²) < 4.78 is 44.0. The molecule has 14 atom stereocenters. The lowest BCUT2D eigenvalue weighted by Crippen LogP contribution is -2.79. The predicted octanol–water partition coefficient (Wildman–Crippen LogP) is 2.16. The van der Waals surface area contributed by atoms with Gasteiger partial charge < -0.3 is 43.4 Å².